The Morgan fingerprint density at radius 1 is 0.714 bits per heavy atom. The Kier molecular flexibility index (Phi) is 13.3. The Morgan fingerprint density at radius 2 is 1.29 bits per heavy atom. The largest absolute Gasteiger partial charge is 0.598 e. The van der Waals surface area contributed by atoms with Crippen LogP contribution in [0.4, 0.5) is 11.6 Å². The number of imidazole rings is 4. The molecule has 2 unspecified atom stereocenters. The monoisotopic (exact) mass is 1180 g/mol. The highest BCUT2D eigenvalue weighted by Crippen LogP contribution is 2.53. The zero-order valence-corrected chi connectivity index (χ0v) is 49.8. The van der Waals surface area contributed by atoms with Gasteiger partial charge in [-0.2, -0.15) is 0 Å². The molecular formula is C57H57Cl4N9O3S4. The first-order valence-corrected chi connectivity index (χ1v) is 31.9. The molecule has 0 bridgehead atoms. The number of nitrogens with zero attached hydrogens (tertiary/aromatic N) is 8. The predicted octanol–water partition coefficient (Wildman–Crippen LogP) is 13.6. The van der Waals surface area contributed by atoms with E-state index in [4.69, 9.17) is 71.1 Å². The van der Waals surface area contributed by atoms with E-state index >= 15 is 0 Å². The third kappa shape index (κ3) is 8.80. The van der Waals surface area contributed by atoms with Crippen LogP contribution < -0.4 is 14.5 Å². The third-order valence-corrected chi connectivity index (χ3v) is 24.4. The van der Waals surface area contributed by atoms with E-state index in [0.717, 1.165) is 122 Å². The molecule has 1 aliphatic carbocycles. The van der Waals surface area contributed by atoms with Crippen molar-refractivity contribution in [2.24, 2.45) is 10.8 Å². The number of fused-ring (bicyclic) bond motifs is 1. The normalized spacial score (nSPS) is 20.6. The van der Waals surface area contributed by atoms with Gasteiger partial charge in [-0.25, -0.2) is 19.9 Å². The van der Waals surface area contributed by atoms with E-state index in [9.17, 15) is 8.76 Å². The van der Waals surface area contributed by atoms with Crippen LogP contribution in [0, 0.1) is 10.8 Å². The fraction of sp³-hybridized carbons (Fsp3) is 0.404. The van der Waals surface area contributed by atoms with Crippen LogP contribution in [0.15, 0.2) is 105 Å². The molecule has 3 aromatic carbocycles. The number of pyridine rings is 2. The quantitative estimate of drug-likeness (QED) is 0.124. The Hall–Kier alpha value is -3.78. The Bertz CT molecular complexity index is 3790. The molecular weight excluding hydrogens is 1130 g/mol. The van der Waals surface area contributed by atoms with Crippen molar-refractivity contribution >= 4 is 137 Å². The van der Waals surface area contributed by atoms with Gasteiger partial charge in [0.1, 0.15) is 33.2 Å². The number of anilines is 2. The first kappa shape index (κ1) is 52.6. The topological polar surface area (TPSA) is 128 Å². The van der Waals surface area contributed by atoms with E-state index in [0.29, 0.717) is 39.8 Å². The minimum absolute atomic E-state index is 0.196. The molecule has 4 aliphatic rings. The van der Waals surface area contributed by atoms with Gasteiger partial charge in [0.15, 0.2) is 22.9 Å². The maximum atomic E-state index is 14.1. The van der Waals surface area contributed by atoms with Gasteiger partial charge in [0, 0.05) is 75.4 Å². The van der Waals surface area contributed by atoms with Crippen LogP contribution >= 0.6 is 69.9 Å². The van der Waals surface area contributed by atoms with Gasteiger partial charge in [0.25, 0.3) is 0 Å². The molecule has 20 heteroatoms. The molecule has 13 rings (SSSR count). The van der Waals surface area contributed by atoms with E-state index in [-0.39, 0.29) is 21.6 Å². The van der Waals surface area contributed by atoms with Crippen molar-refractivity contribution in [2.45, 2.75) is 114 Å². The lowest BCUT2D eigenvalue weighted by Crippen LogP contribution is -2.55. The molecule has 9 aromatic rings. The number of aromatic nitrogens is 6. The lowest BCUT2D eigenvalue weighted by molar-refractivity contribution is 0.0877. The van der Waals surface area contributed by atoms with Gasteiger partial charge in [-0.05, 0) is 138 Å². The van der Waals surface area contributed by atoms with Crippen molar-refractivity contribution in [1.29, 1.82) is 0 Å². The number of halogens is 4. The summed E-state index contributed by atoms with van der Waals surface area (Å²) in [6.07, 6.45) is 10.9. The van der Waals surface area contributed by atoms with Crippen LogP contribution in [-0.2, 0) is 44.5 Å². The summed E-state index contributed by atoms with van der Waals surface area (Å²) in [7, 11) is -0.979. The average Bonchev–Trinajstić information content (AvgIpc) is 4.49. The molecule has 12 nitrogen and oxygen atoms in total. The van der Waals surface area contributed by atoms with E-state index in [1.165, 1.54) is 40.2 Å². The Balaban J connectivity index is 0.720. The van der Waals surface area contributed by atoms with Gasteiger partial charge >= 0.3 is 0 Å². The van der Waals surface area contributed by atoms with E-state index in [1.807, 2.05) is 75.8 Å². The lowest BCUT2D eigenvalue weighted by Gasteiger charge is -2.43. The van der Waals surface area contributed by atoms with Crippen LogP contribution in [0.2, 0.25) is 20.1 Å². The van der Waals surface area contributed by atoms with Gasteiger partial charge in [-0.1, -0.05) is 100 Å². The van der Waals surface area contributed by atoms with Crippen molar-refractivity contribution < 1.29 is 13.5 Å². The summed E-state index contributed by atoms with van der Waals surface area (Å²) in [4.78, 5) is 28.5. The Labute approximate surface area is 482 Å². The van der Waals surface area contributed by atoms with E-state index in [2.05, 4.69) is 67.5 Å². The predicted molar refractivity (Wildman–Crippen MR) is 317 cm³/mol. The minimum Gasteiger partial charge on any atom is -0.598 e. The summed E-state index contributed by atoms with van der Waals surface area (Å²) in [5.74, 6) is 1.85. The first-order valence-electron chi connectivity index (χ1n) is 26.0. The number of hydrogen-bond acceptors (Lipinski definition) is 12. The second kappa shape index (κ2) is 19.5. The molecule has 3 saturated heterocycles. The van der Waals surface area contributed by atoms with Crippen molar-refractivity contribution in [1.82, 2.24) is 33.5 Å². The third-order valence-electron chi connectivity index (χ3n) is 17.1. The van der Waals surface area contributed by atoms with Gasteiger partial charge in [0.2, 0.25) is 0 Å². The molecule has 9 heterocycles. The summed E-state index contributed by atoms with van der Waals surface area (Å²) < 4.78 is 40.7. The van der Waals surface area contributed by atoms with Crippen molar-refractivity contribution in [2.75, 3.05) is 48.8 Å². The molecule has 1 N–H and O–H groups in total. The number of benzene rings is 3. The maximum absolute atomic E-state index is 14.1. The summed E-state index contributed by atoms with van der Waals surface area (Å²) in [6.45, 7) is 13.9. The highest BCUT2D eigenvalue weighted by atomic mass is 35.5. The lowest BCUT2D eigenvalue weighted by atomic mass is 9.72. The molecule has 3 fully saturated rings. The molecule has 400 valence electrons. The van der Waals surface area contributed by atoms with Crippen molar-refractivity contribution in [3.8, 4) is 0 Å². The SMILES string of the molecule is CS(=O)C(C)(C)c1cccc2c1CC1(CCN(c3nc4ccc(Sc5ccc([C@@H]6OCC7(CCN(c8nc9ccc(Sc%10cccc(Cl)c%10Cl)c%10ncc8n9%10)CC7)[C@@H]6N[S+]([O-])C(C)(C)C)c(Cl)c5Cl)c5ncc3n45)CC1)C2. The molecule has 0 amide bonds. The summed E-state index contributed by atoms with van der Waals surface area (Å²) in [6, 6.07) is 24.2. The minimum atomic E-state index is -1.40. The van der Waals surface area contributed by atoms with E-state index in [1.54, 1.807) is 6.07 Å². The molecule has 0 radical (unpaired) electrons. The van der Waals surface area contributed by atoms with Crippen LogP contribution in [0.5, 0.6) is 0 Å². The maximum Gasteiger partial charge on any atom is 0.157 e. The highest BCUT2D eigenvalue weighted by molar-refractivity contribution is 8.00. The Morgan fingerprint density at radius 3 is 1.88 bits per heavy atom. The number of piperidine rings is 2. The van der Waals surface area contributed by atoms with Gasteiger partial charge in [0.05, 0.1) is 59.7 Å². The second-order valence-corrected chi connectivity index (χ2v) is 30.6. The number of hydrogen-bond donors (Lipinski definition) is 1. The molecule has 3 aliphatic heterocycles. The van der Waals surface area contributed by atoms with Crippen LogP contribution in [-0.4, -0.2) is 87.3 Å². The molecule has 0 saturated carbocycles. The first-order chi connectivity index (χ1) is 36.8. The van der Waals surface area contributed by atoms with E-state index < -0.39 is 33.0 Å². The van der Waals surface area contributed by atoms with Crippen LogP contribution in [0.3, 0.4) is 0 Å². The molecule has 77 heavy (non-hydrogen) atoms. The highest BCUT2D eigenvalue weighted by Gasteiger charge is 2.55. The van der Waals surface area contributed by atoms with Gasteiger partial charge < -0.3 is 19.1 Å². The standard InChI is InChI=1S/C57H57Cl4N9O3S4/c1-54(2,3)77(72)66-49-48(73-31-57(49)21-25-68(26-22-57)51-38-30-62-52-41(15-17-44(65-51)70(38)52)74-39-12-8-11-36(58)46(39)60)33-13-14-40(47(61)45(33)59)75-42-16-18-43-64-50(37-29-63-53(42)69(37)43)67-23-19-56(20-24-67)27-32-9-7-10-35(34(32)28-56)55(4,5)76(6)71/h7-18,29-30,48-49,66H,19-28,31H2,1-6H3/t48-,49+,76?,77?/m0/s1. The zero-order chi connectivity index (χ0) is 53.5. The van der Waals surface area contributed by atoms with Gasteiger partial charge in [-0.15, -0.1) is 4.72 Å². The van der Waals surface area contributed by atoms with Crippen molar-refractivity contribution in [3.05, 3.63) is 128 Å². The molecule has 4 atom stereocenters. The number of nitrogens with one attached hydrogen (secondary N) is 1. The van der Waals surface area contributed by atoms with Crippen LogP contribution in [0.1, 0.15) is 88.7 Å². The molecule has 2 spiro atoms. The van der Waals surface area contributed by atoms with Crippen molar-refractivity contribution in [3.63, 3.8) is 0 Å². The summed E-state index contributed by atoms with van der Waals surface area (Å²) in [5.41, 5.74) is 9.91. The smallest absolute Gasteiger partial charge is 0.157 e. The second-order valence-electron chi connectivity index (χ2n) is 22.9. The fourth-order valence-electron chi connectivity index (χ4n) is 12.5. The number of rotatable bonds is 11. The molecule has 6 aromatic heterocycles. The average molecular weight is 1190 g/mol. The fourth-order valence-corrected chi connectivity index (χ4v) is 16.9. The summed E-state index contributed by atoms with van der Waals surface area (Å²) >= 11 is 29.3. The van der Waals surface area contributed by atoms with Crippen LogP contribution in [0.25, 0.3) is 33.6 Å². The van der Waals surface area contributed by atoms with Gasteiger partial charge in [-0.3, -0.25) is 13.0 Å². The summed E-state index contributed by atoms with van der Waals surface area (Å²) in [5, 5.41) is 1.88. The number of ether oxygens (including phenoxy) is 1. The zero-order valence-electron chi connectivity index (χ0n) is 43.5.